The van der Waals surface area contributed by atoms with E-state index in [1.807, 2.05) is 17.4 Å². The Kier molecular flexibility index (Phi) is 6.59. The number of para-hydroxylation sites is 1. The normalized spacial score (nSPS) is 11.5. The summed E-state index contributed by atoms with van der Waals surface area (Å²) in [6.07, 6.45) is 2.01. The molecule has 0 bridgehead atoms. The van der Waals surface area contributed by atoms with Crippen molar-refractivity contribution in [1.82, 2.24) is 4.57 Å². The summed E-state index contributed by atoms with van der Waals surface area (Å²) in [5, 5.41) is 3.78. The maximum absolute atomic E-state index is 4.26. The van der Waals surface area contributed by atoms with Crippen molar-refractivity contribution in [3.8, 4) is 38.4 Å². The van der Waals surface area contributed by atoms with Crippen molar-refractivity contribution in [2.75, 3.05) is 0 Å². The molecule has 0 amide bonds. The van der Waals surface area contributed by atoms with E-state index in [0.29, 0.717) is 0 Å². The lowest BCUT2D eigenvalue weighted by molar-refractivity contribution is 1.18. The lowest BCUT2D eigenvalue weighted by Gasteiger charge is -2.11. The number of benzene rings is 6. The zero-order chi connectivity index (χ0) is 29.8. The van der Waals surface area contributed by atoms with Gasteiger partial charge in [0, 0.05) is 36.1 Å². The van der Waals surface area contributed by atoms with Crippen LogP contribution in [0.4, 0.5) is 0 Å². The van der Waals surface area contributed by atoms with E-state index >= 15 is 0 Å². The Morgan fingerprint density at radius 3 is 2.07 bits per heavy atom. The zero-order valence-corrected chi connectivity index (χ0v) is 26.6. The summed E-state index contributed by atoms with van der Waals surface area (Å²) in [6.45, 7) is 6.50. The van der Waals surface area contributed by atoms with E-state index in [1.54, 1.807) is 0 Å². The lowest BCUT2D eigenvalue weighted by Crippen LogP contribution is -1.94. The van der Waals surface area contributed by atoms with Crippen LogP contribution in [0.25, 0.3) is 76.3 Å². The smallest absolute Gasteiger partial charge is 0.0547 e. The lowest BCUT2D eigenvalue weighted by atomic mass is 9.96. The van der Waals surface area contributed by atoms with E-state index in [2.05, 4.69) is 167 Å². The number of aryl methyl sites for hydroxylation is 1. The Balaban J connectivity index is 1.37. The fourth-order valence-electron chi connectivity index (χ4n) is 6.43. The minimum atomic E-state index is 1.09. The summed E-state index contributed by atoms with van der Waals surface area (Å²) < 4.78 is 4.81. The maximum atomic E-state index is 4.26. The number of rotatable bonds is 5. The summed E-state index contributed by atoms with van der Waals surface area (Å²) in [7, 11) is 0. The molecule has 0 saturated heterocycles. The number of halogens is 1. The predicted octanol–water partition coefficient (Wildman–Crippen LogP) is 12.7. The molecule has 8 aromatic rings. The van der Waals surface area contributed by atoms with Crippen molar-refractivity contribution >= 4 is 65.2 Å². The summed E-state index contributed by atoms with van der Waals surface area (Å²) in [6, 6.07) is 48.3. The number of thiophene rings is 1. The standard InChI is InChI=1S/C41H28BrNS/c1-3-27-23-37-36-24-31(30-11-9-10-29(22-30)28-16-19-32(42)20-17-28)18-21-38(36)43(33-12-5-4-6-13-33)39(37)25-35(27)41-26(2)34-14-7-8-15-40(34)44-41/h3-25H,1H2,2H3. The number of fused-ring (bicyclic) bond motifs is 4. The second-order valence-corrected chi connectivity index (χ2v) is 13.2. The van der Waals surface area contributed by atoms with Gasteiger partial charge in [-0.1, -0.05) is 101 Å². The highest BCUT2D eigenvalue weighted by atomic mass is 79.9. The fourth-order valence-corrected chi connectivity index (χ4v) is 7.95. The van der Waals surface area contributed by atoms with Crippen LogP contribution in [0.15, 0.2) is 145 Å². The quantitative estimate of drug-likeness (QED) is 0.175. The van der Waals surface area contributed by atoms with Crippen molar-refractivity contribution in [2.45, 2.75) is 6.92 Å². The molecule has 8 rings (SSSR count). The predicted molar refractivity (Wildman–Crippen MR) is 195 cm³/mol. The molecule has 0 unspecified atom stereocenters. The highest BCUT2D eigenvalue weighted by Crippen LogP contribution is 2.44. The molecule has 0 aliphatic carbocycles. The van der Waals surface area contributed by atoms with Crippen LogP contribution in [-0.4, -0.2) is 4.57 Å². The third-order valence-electron chi connectivity index (χ3n) is 8.63. The Labute approximate surface area is 269 Å². The summed E-state index contributed by atoms with van der Waals surface area (Å²) in [4.78, 5) is 1.30. The molecule has 0 aliphatic heterocycles. The van der Waals surface area contributed by atoms with E-state index < -0.39 is 0 Å². The average Bonchev–Trinajstić information content (AvgIpc) is 3.58. The maximum Gasteiger partial charge on any atom is 0.0547 e. The van der Waals surface area contributed by atoms with E-state index in [4.69, 9.17) is 0 Å². The molecule has 2 heterocycles. The average molecular weight is 647 g/mol. The molecular formula is C41H28BrNS. The molecule has 44 heavy (non-hydrogen) atoms. The third kappa shape index (κ3) is 4.43. The molecule has 0 spiro atoms. The van der Waals surface area contributed by atoms with E-state index in [1.165, 1.54) is 70.1 Å². The van der Waals surface area contributed by atoms with Crippen LogP contribution >= 0.6 is 27.3 Å². The van der Waals surface area contributed by atoms with E-state index in [-0.39, 0.29) is 0 Å². The SMILES string of the molecule is C=Cc1cc2c3cc(-c4cccc(-c5ccc(Br)cc5)c4)ccc3n(-c3ccccc3)c2cc1-c1sc2ccccc2c1C. The molecule has 210 valence electrons. The van der Waals surface area contributed by atoms with Gasteiger partial charge in [0.25, 0.3) is 0 Å². The molecule has 0 N–H and O–H groups in total. The van der Waals surface area contributed by atoms with Gasteiger partial charge in [0.15, 0.2) is 0 Å². The van der Waals surface area contributed by atoms with Crippen molar-refractivity contribution in [2.24, 2.45) is 0 Å². The first-order chi connectivity index (χ1) is 21.6. The second kappa shape index (κ2) is 10.8. The van der Waals surface area contributed by atoms with Gasteiger partial charge in [-0.3, -0.25) is 0 Å². The monoisotopic (exact) mass is 645 g/mol. The van der Waals surface area contributed by atoms with Crippen molar-refractivity contribution in [3.05, 3.63) is 156 Å². The largest absolute Gasteiger partial charge is 0.309 e. The van der Waals surface area contributed by atoms with Gasteiger partial charge >= 0.3 is 0 Å². The number of hydrogen-bond acceptors (Lipinski definition) is 1. The Bertz CT molecular complexity index is 2360. The van der Waals surface area contributed by atoms with E-state index in [9.17, 15) is 0 Å². The molecule has 6 aromatic carbocycles. The molecule has 0 radical (unpaired) electrons. The summed E-state index contributed by atoms with van der Waals surface area (Å²) >= 11 is 5.43. The molecule has 0 atom stereocenters. The van der Waals surface area contributed by atoms with Crippen LogP contribution in [0, 0.1) is 6.92 Å². The molecule has 0 aliphatic rings. The molecular weight excluding hydrogens is 618 g/mol. The van der Waals surface area contributed by atoms with Gasteiger partial charge in [-0.2, -0.15) is 0 Å². The second-order valence-electron chi connectivity index (χ2n) is 11.2. The fraction of sp³-hybridized carbons (Fsp3) is 0.0244. The van der Waals surface area contributed by atoms with Gasteiger partial charge in [0.1, 0.15) is 0 Å². The van der Waals surface area contributed by atoms with Crippen LogP contribution in [0.3, 0.4) is 0 Å². The van der Waals surface area contributed by atoms with Crippen molar-refractivity contribution < 1.29 is 0 Å². The zero-order valence-electron chi connectivity index (χ0n) is 24.2. The van der Waals surface area contributed by atoms with E-state index in [0.717, 1.165) is 15.7 Å². The van der Waals surface area contributed by atoms with Crippen LogP contribution < -0.4 is 0 Å². The first kappa shape index (κ1) is 26.9. The first-order valence-electron chi connectivity index (χ1n) is 14.7. The topological polar surface area (TPSA) is 4.93 Å². The minimum absolute atomic E-state index is 1.09. The molecule has 1 nitrogen and oxygen atoms in total. The number of aromatic nitrogens is 1. The number of nitrogens with zero attached hydrogens (tertiary/aromatic N) is 1. The van der Waals surface area contributed by atoms with Gasteiger partial charge < -0.3 is 4.57 Å². The molecule has 0 fully saturated rings. The third-order valence-corrected chi connectivity index (χ3v) is 10.5. The molecule has 2 aromatic heterocycles. The minimum Gasteiger partial charge on any atom is -0.309 e. The summed E-state index contributed by atoms with van der Waals surface area (Å²) in [5.41, 5.74) is 12.1. The van der Waals surface area contributed by atoms with Crippen LogP contribution in [0.2, 0.25) is 0 Å². The molecule has 3 heteroatoms. The molecule has 0 saturated carbocycles. The van der Waals surface area contributed by atoms with Gasteiger partial charge in [-0.25, -0.2) is 0 Å². The Morgan fingerprint density at radius 2 is 1.30 bits per heavy atom. The summed E-state index contributed by atoms with van der Waals surface area (Å²) in [5.74, 6) is 0. The van der Waals surface area contributed by atoms with Crippen molar-refractivity contribution in [1.29, 1.82) is 0 Å². The highest BCUT2D eigenvalue weighted by Gasteiger charge is 2.19. The Morgan fingerprint density at radius 1 is 0.614 bits per heavy atom. The van der Waals surface area contributed by atoms with Gasteiger partial charge in [-0.05, 0) is 106 Å². The van der Waals surface area contributed by atoms with Crippen LogP contribution in [-0.2, 0) is 0 Å². The first-order valence-corrected chi connectivity index (χ1v) is 16.3. The highest BCUT2D eigenvalue weighted by molar-refractivity contribution is 9.10. The number of hydrogen-bond donors (Lipinski definition) is 0. The van der Waals surface area contributed by atoms with Gasteiger partial charge in [-0.15, -0.1) is 11.3 Å². The van der Waals surface area contributed by atoms with Crippen LogP contribution in [0.5, 0.6) is 0 Å². The van der Waals surface area contributed by atoms with Crippen LogP contribution in [0.1, 0.15) is 11.1 Å². The van der Waals surface area contributed by atoms with Gasteiger partial charge in [0.05, 0.1) is 11.0 Å². The van der Waals surface area contributed by atoms with Gasteiger partial charge in [0.2, 0.25) is 0 Å². The van der Waals surface area contributed by atoms with Crippen molar-refractivity contribution in [3.63, 3.8) is 0 Å². The Hall–Kier alpha value is -4.70.